The van der Waals surface area contributed by atoms with Crippen molar-refractivity contribution in [2.75, 3.05) is 19.1 Å². The Balaban J connectivity index is 1.64. The highest BCUT2D eigenvalue weighted by Crippen LogP contribution is 2.28. The highest BCUT2D eigenvalue weighted by atomic mass is 32.1. The van der Waals surface area contributed by atoms with Gasteiger partial charge in [0.05, 0.1) is 19.0 Å². The zero-order valence-corrected chi connectivity index (χ0v) is 15.6. The van der Waals surface area contributed by atoms with E-state index >= 15 is 0 Å². The molecular weight excluding hydrogens is 385 g/mol. The smallest absolute Gasteiger partial charge is 0.341 e. The van der Waals surface area contributed by atoms with Gasteiger partial charge in [-0.3, -0.25) is 5.43 Å². The van der Waals surface area contributed by atoms with Crippen LogP contribution in [0.2, 0.25) is 0 Å². The van der Waals surface area contributed by atoms with Crippen molar-refractivity contribution in [3.63, 3.8) is 0 Å². The summed E-state index contributed by atoms with van der Waals surface area (Å²) in [5.74, 6) is -0.631. The molecule has 2 aromatic carbocycles. The van der Waals surface area contributed by atoms with E-state index in [1.165, 1.54) is 30.6 Å². The molecule has 0 fully saturated rings. The van der Waals surface area contributed by atoms with Gasteiger partial charge in [0.15, 0.2) is 18.1 Å². The monoisotopic (exact) mass is 401 g/mol. The van der Waals surface area contributed by atoms with Crippen molar-refractivity contribution in [1.29, 1.82) is 0 Å². The minimum Gasteiger partial charge on any atom is -0.493 e. The summed E-state index contributed by atoms with van der Waals surface area (Å²) in [4.78, 5) is 15.0. The summed E-state index contributed by atoms with van der Waals surface area (Å²) in [6.07, 6.45) is 1.57. The molecule has 28 heavy (non-hydrogen) atoms. The van der Waals surface area contributed by atoms with Gasteiger partial charge in [0, 0.05) is 10.9 Å². The van der Waals surface area contributed by atoms with Crippen LogP contribution in [0.5, 0.6) is 11.5 Å². The zero-order chi connectivity index (χ0) is 19.9. The van der Waals surface area contributed by atoms with E-state index in [2.05, 4.69) is 15.5 Å². The van der Waals surface area contributed by atoms with E-state index in [4.69, 9.17) is 14.6 Å². The van der Waals surface area contributed by atoms with Crippen LogP contribution in [0.1, 0.15) is 5.56 Å². The quantitative estimate of drug-likeness (QED) is 0.440. The fourth-order valence-electron chi connectivity index (χ4n) is 2.26. The molecule has 0 amide bonds. The Kier molecular flexibility index (Phi) is 6.18. The van der Waals surface area contributed by atoms with Crippen LogP contribution >= 0.6 is 11.3 Å². The number of halogens is 1. The Hall–Kier alpha value is -3.46. The van der Waals surface area contributed by atoms with Crippen molar-refractivity contribution in [3.05, 3.63) is 59.2 Å². The number of thiazole rings is 1. The number of anilines is 1. The van der Waals surface area contributed by atoms with E-state index < -0.39 is 12.6 Å². The topological polar surface area (TPSA) is 93.0 Å². The molecule has 9 heteroatoms. The number of hydrazone groups is 1. The molecule has 0 unspecified atom stereocenters. The fraction of sp³-hybridized carbons (Fsp3) is 0.105. The van der Waals surface area contributed by atoms with Crippen molar-refractivity contribution in [2.24, 2.45) is 5.10 Å². The fourth-order valence-corrected chi connectivity index (χ4v) is 2.93. The van der Waals surface area contributed by atoms with E-state index in [9.17, 15) is 9.18 Å². The van der Waals surface area contributed by atoms with Gasteiger partial charge >= 0.3 is 5.97 Å². The lowest BCUT2D eigenvalue weighted by atomic mass is 10.2. The number of ether oxygens (including phenoxy) is 2. The van der Waals surface area contributed by atoms with E-state index in [0.29, 0.717) is 16.6 Å². The molecule has 0 aliphatic rings. The number of carboxylic acids is 1. The predicted molar refractivity (Wildman–Crippen MR) is 105 cm³/mol. The summed E-state index contributed by atoms with van der Waals surface area (Å²) in [7, 11) is 1.47. The summed E-state index contributed by atoms with van der Waals surface area (Å²) in [6.45, 7) is -0.453. The molecule has 0 saturated heterocycles. The van der Waals surface area contributed by atoms with Crippen molar-refractivity contribution >= 4 is 28.7 Å². The second-order valence-corrected chi connectivity index (χ2v) is 6.37. The number of rotatable bonds is 8. The molecule has 0 aliphatic heterocycles. The average Bonchev–Trinajstić information content (AvgIpc) is 3.16. The molecule has 0 bridgehead atoms. The van der Waals surface area contributed by atoms with E-state index in [1.54, 1.807) is 36.5 Å². The number of benzene rings is 2. The summed E-state index contributed by atoms with van der Waals surface area (Å²) >= 11 is 1.37. The van der Waals surface area contributed by atoms with Crippen LogP contribution in [0.25, 0.3) is 11.3 Å². The summed E-state index contributed by atoms with van der Waals surface area (Å²) in [5.41, 5.74) is 5.11. The molecule has 0 saturated carbocycles. The maximum absolute atomic E-state index is 13.0. The Morgan fingerprint density at radius 2 is 2.07 bits per heavy atom. The number of aromatic nitrogens is 1. The maximum Gasteiger partial charge on any atom is 0.341 e. The normalized spacial score (nSPS) is 10.8. The van der Waals surface area contributed by atoms with Gasteiger partial charge in [0.1, 0.15) is 5.82 Å². The SMILES string of the molecule is COc1cc(/C=N\Nc2nc(-c3ccc(F)cc3)cs2)ccc1OCC(=O)O. The third-order valence-corrected chi connectivity index (χ3v) is 4.30. The molecule has 1 heterocycles. The van der Waals surface area contributed by atoms with Crippen LogP contribution in [0.4, 0.5) is 9.52 Å². The third-order valence-electron chi connectivity index (χ3n) is 3.56. The maximum atomic E-state index is 13.0. The number of methoxy groups -OCH3 is 1. The van der Waals surface area contributed by atoms with Crippen LogP contribution < -0.4 is 14.9 Å². The summed E-state index contributed by atoms with van der Waals surface area (Å²) in [5, 5.41) is 15.3. The van der Waals surface area contributed by atoms with E-state index in [1.807, 2.05) is 5.38 Å². The first-order valence-corrected chi connectivity index (χ1v) is 8.96. The molecule has 0 radical (unpaired) electrons. The van der Waals surface area contributed by atoms with Gasteiger partial charge in [-0.1, -0.05) is 0 Å². The average molecular weight is 401 g/mol. The van der Waals surface area contributed by atoms with Gasteiger partial charge in [0.25, 0.3) is 0 Å². The number of carboxylic acid groups (broad SMARTS) is 1. The van der Waals surface area contributed by atoms with Crippen molar-refractivity contribution < 1.29 is 23.8 Å². The second-order valence-electron chi connectivity index (χ2n) is 5.51. The first kappa shape index (κ1) is 19.3. The molecule has 3 rings (SSSR count). The second kappa shape index (κ2) is 8.96. The first-order chi connectivity index (χ1) is 13.5. The number of hydrogen-bond donors (Lipinski definition) is 2. The van der Waals surface area contributed by atoms with E-state index in [-0.39, 0.29) is 5.82 Å². The minimum atomic E-state index is -1.07. The van der Waals surface area contributed by atoms with Crippen molar-refractivity contribution in [3.8, 4) is 22.8 Å². The Bertz CT molecular complexity index is 989. The number of nitrogens with one attached hydrogen (secondary N) is 1. The van der Waals surface area contributed by atoms with Gasteiger partial charge in [-0.25, -0.2) is 14.2 Å². The number of carbonyl (C=O) groups is 1. The highest BCUT2D eigenvalue weighted by Gasteiger charge is 2.07. The molecule has 144 valence electrons. The number of hydrogen-bond acceptors (Lipinski definition) is 7. The molecular formula is C19H16FN3O4S. The summed E-state index contributed by atoms with van der Waals surface area (Å²) < 4.78 is 23.4. The molecule has 1 aromatic heterocycles. The molecule has 3 aromatic rings. The van der Waals surface area contributed by atoms with Crippen LogP contribution in [0.3, 0.4) is 0 Å². The van der Waals surface area contributed by atoms with E-state index in [0.717, 1.165) is 16.8 Å². The molecule has 0 atom stereocenters. The van der Waals surface area contributed by atoms with Gasteiger partial charge in [-0.15, -0.1) is 11.3 Å². The third kappa shape index (κ3) is 5.04. The van der Waals surface area contributed by atoms with Gasteiger partial charge in [-0.05, 0) is 48.0 Å². The van der Waals surface area contributed by atoms with Crippen LogP contribution in [-0.2, 0) is 4.79 Å². The first-order valence-electron chi connectivity index (χ1n) is 8.08. The molecule has 0 spiro atoms. The van der Waals surface area contributed by atoms with Crippen molar-refractivity contribution in [2.45, 2.75) is 0 Å². The van der Waals surface area contributed by atoms with Crippen molar-refractivity contribution in [1.82, 2.24) is 4.98 Å². The molecule has 0 aliphatic carbocycles. The Morgan fingerprint density at radius 1 is 1.29 bits per heavy atom. The van der Waals surface area contributed by atoms with Crippen LogP contribution in [-0.4, -0.2) is 36.0 Å². The lowest BCUT2D eigenvalue weighted by molar-refractivity contribution is -0.139. The largest absolute Gasteiger partial charge is 0.493 e. The lowest BCUT2D eigenvalue weighted by Crippen LogP contribution is -2.10. The number of nitrogens with zero attached hydrogens (tertiary/aromatic N) is 2. The molecule has 7 nitrogen and oxygen atoms in total. The standard InChI is InChI=1S/C19H16FN3O4S/c1-26-17-8-12(2-7-16(17)27-10-18(24)25)9-21-23-19-22-15(11-28-19)13-3-5-14(20)6-4-13/h2-9,11H,10H2,1H3,(H,22,23)(H,24,25)/b21-9-. The Labute approximate surface area is 164 Å². The zero-order valence-electron chi connectivity index (χ0n) is 14.8. The predicted octanol–water partition coefficient (Wildman–Crippen LogP) is 3.87. The van der Waals surface area contributed by atoms with Gasteiger partial charge in [0.2, 0.25) is 5.13 Å². The van der Waals surface area contributed by atoms with Gasteiger partial charge in [-0.2, -0.15) is 5.10 Å². The highest BCUT2D eigenvalue weighted by molar-refractivity contribution is 7.14. The minimum absolute atomic E-state index is 0.295. The van der Waals surface area contributed by atoms with Crippen LogP contribution in [0, 0.1) is 5.82 Å². The summed E-state index contributed by atoms with van der Waals surface area (Å²) in [6, 6.07) is 11.1. The number of aliphatic carboxylic acids is 1. The van der Waals surface area contributed by atoms with Crippen LogP contribution in [0.15, 0.2) is 52.9 Å². The van der Waals surface area contributed by atoms with Gasteiger partial charge < -0.3 is 14.6 Å². The Morgan fingerprint density at radius 3 is 2.79 bits per heavy atom. The lowest BCUT2D eigenvalue weighted by Gasteiger charge is -2.09. The molecule has 2 N–H and O–H groups in total.